The summed E-state index contributed by atoms with van der Waals surface area (Å²) in [6.45, 7) is 0.318. The number of carbonyl (C=O) groups excluding carboxylic acids is 1. The van der Waals surface area contributed by atoms with Crippen molar-refractivity contribution in [1.29, 1.82) is 0 Å². The molecule has 3 aromatic carbocycles. The van der Waals surface area contributed by atoms with Gasteiger partial charge in [0.25, 0.3) is 5.91 Å². The second kappa shape index (κ2) is 8.61. The van der Waals surface area contributed by atoms with Crippen molar-refractivity contribution in [2.75, 3.05) is 13.4 Å². The summed E-state index contributed by atoms with van der Waals surface area (Å²) in [7, 11) is 1.61. The van der Waals surface area contributed by atoms with E-state index in [1.807, 2.05) is 54.8 Å². The Balaban J connectivity index is 1.67. The van der Waals surface area contributed by atoms with Crippen LogP contribution in [0, 0.1) is 0 Å². The van der Waals surface area contributed by atoms with Crippen molar-refractivity contribution < 1.29 is 13.9 Å². The van der Waals surface area contributed by atoms with Crippen LogP contribution < -0.4 is 10.2 Å². The van der Waals surface area contributed by atoms with Crippen molar-refractivity contribution in [3.8, 4) is 5.75 Å². The van der Waals surface area contributed by atoms with Gasteiger partial charge in [-0.3, -0.25) is 9.59 Å². The van der Waals surface area contributed by atoms with Gasteiger partial charge in [-0.1, -0.05) is 35.9 Å². The van der Waals surface area contributed by atoms with Crippen LogP contribution >= 0.6 is 23.4 Å². The predicted molar refractivity (Wildman–Crippen MR) is 130 cm³/mol. The van der Waals surface area contributed by atoms with Crippen LogP contribution in [0.25, 0.3) is 11.0 Å². The third-order valence-electron chi connectivity index (χ3n) is 5.87. The second-order valence-electron chi connectivity index (χ2n) is 7.77. The van der Waals surface area contributed by atoms with E-state index in [-0.39, 0.29) is 17.1 Å². The van der Waals surface area contributed by atoms with E-state index in [0.717, 1.165) is 21.8 Å². The average molecular weight is 478 g/mol. The second-order valence-corrected chi connectivity index (χ2v) is 9.09. The quantitative estimate of drug-likeness (QED) is 0.334. The maximum absolute atomic E-state index is 13.6. The molecule has 5 rings (SSSR count). The monoisotopic (exact) mass is 477 g/mol. The lowest BCUT2D eigenvalue weighted by Gasteiger charge is -2.25. The first-order chi connectivity index (χ1) is 16.0. The zero-order chi connectivity index (χ0) is 23.1. The summed E-state index contributed by atoms with van der Waals surface area (Å²) >= 11 is 7.78. The SMILES string of the molecule is COc1ccc(CN2C(=O)c3oc4ccc(Cl)cc4c(=O)c3C2c2ccc(SC)cc2)cc1. The van der Waals surface area contributed by atoms with E-state index >= 15 is 0 Å². The highest BCUT2D eigenvalue weighted by Crippen LogP contribution is 2.39. The fourth-order valence-electron chi connectivity index (χ4n) is 4.22. The van der Waals surface area contributed by atoms with Crippen LogP contribution in [-0.2, 0) is 6.54 Å². The molecular formula is C26H20ClNO4S. The van der Waals surface area contributed by atoms with Crippen molar-refractivity contribution in [1.82, 2.24) is 4.90 Å². The lowest BCUT2D eigenvalue weighted by atomic mass is 9.98. The molecule has 7 heteroatoms. The molecule has 1 amide bonds. The third kappa shape index (κ3) is 3.79. The van der Waals surface area contributed by atoms with E-state index in [4.69, 9.17) is 20.8 Å². The number of methoxy groups -OCH3 is 1. The van der Waals surface area contributed by atoms with Gasteiger partial charge in [-0.15, -0.1) is 11.8 Å². The van der Waals surface area contributed by atoms with Crippen molar-refractivity contribution in [2.45, 2.75) is 17.5 Å². The topological polar surface area (TPSA) is 59.8 Å². The van der Waals surface area contributed by atoms with E-state index in [1.165, 1.54) is 0 Å². The minimum atomic E-state index is -0.565. The van der Waals surface area contributed by atoms with Crippen LogP contribution in [0.1, 0.15) is 33.3 Å². The fraction of sp³-hybridized carbons (Fsp3) is 0.154. The predicted octanol–water partition coefficient (Wildman–Crippen LogP) is 5.92. The molecule has 0 bridgehead atoms. The highest BCUT2D eigenvalue weighted by atomic mass is 35.5. The molecule has 1 aliphatic rings. The van der Waals surface area contributed by atoms with Gasteiger partial charge < -0.3 is 14.1 Å². The Kier molecular flexibility index (Phi) is 5.64. The Morgan fingerprint density at radius 2 is 1.76 bits per heavy atom. The molecule has 0 radical (unpaired) electrons. The Bertz CT molecular complexity index is 1410. The molecule has 166 valence electrons. The van der Waals surface area contributed by atoms with Crippen molar-refractivity contribution in [3.63, 3.8) is 0 Å². The lowest BCUT2D eigenvalue weighted by molar-refractivity contribution is 0.0714. The Morgan fingerprint density at radius 1 is 1.03 bits per heavy atom. The molecule has 1 atom stereocenters. The maximum atomic E-state index is 13.6. The first-order valence-corrected chi connectivity index (χ1v) is 11.9. The first kappa shape index (κ1) is 21.6. The van der Waals surface area contributed by atoms with Gasteiger partial charge in [-0.25, -0.2) is 0 Å². The molecule has 1 unspecified atom stereocenters. The molecule has 33 heavy (non-hydrogen) atoms. The van der Waals surface area contributed by atoms with Gasteiger partial charge in [-0.2, -0.15) is 0 Å². The van der Waals surface area contributed by atoms with Crippen LogP contribution in [0.3, 0.4) is 0 Å². The van der Waals surface area contributed by atoms with Gasteiger partial charge in [0, 0.05) is 16.5 Å². The number of rotatable bonds is 5. The number of thioether (sulfide) groups is 1. The van der Waals surface area contributed by atoms with Gasteiger partial charge >= 0.3 is 0 Å². The summed E-state index contributed by atoms with van der Waals surface area (Å²) in [5.74, 6) is 0.509. The molecule has 1 aliphatic heterocycles. The molecule has 0 aliphatic carbocycles. The summed E-state index contributed by atoms with van der Waals surface area (Å²) < 4.78 is 11.2. The number of ether oxygens (including phenoxy) is 1. The summed E-state index contributed by atoms with van der Waals surface area (Å²) in [6.07, 6.45) is 2.00. The Hall–Kier alpha value is -3.22. The number of carbonyl (C=O) groups is 1. The number of benzene rings is 3. The van der Waals surface area contributed by atoms with E-state index in [0.29, 0.717) is 28.1 Å². The smallest absolute Gasteiger partial charge is 0.291 e. The van der Waals surface area contributed by atoms with E-state index in [2.05, 4.69) is 0 Å². The molecular weight excluding hydrogens is 458 g/mol. The van der Waals surface area contributed by atoms with E-state index < -0.39 is 6.04 Å². The minimum absolute atomic E-state index is 0.0854. The zero-order valence-corrected chi connectivity index (χ0v) is 19.6. The summed E-state index contributed by atoms with van der Waals surface area (Å²) in [6, 6.07) is 19.7. The van der Waals surface area contributed by atoms with Crippen LogP contribution in [-0.4, -0.2) is 24.2 Å². The van der Waals surface area contributed by atoms with Crippen LogP contribution in [0.5, 0.6) is 5.75 Å². The van der Waals surface area contributed by atoms with Crippen LogP contribution in [0.15, 0.2) is 80.8 Å². The van der Waals surface area contributed by atoms with Gasteiger partial charge in [0.15, 0.2) is 5.43 Å². The largest absolute Gasteiger partial charge is 0.497 e. The van der Waals surface area contributed by atoms with E-state index in [9.17, 15) is 9.59 Å². The lowest BCUT2D eigenvalue weighted by Crippen LogP contribution is -2.29. The van der Waals surface area contributed by atoms with Gasteiger partial charge in [0.2, 0.25) is 5.76 Å². The Labute approximate surface area is 199 Å². The van der Waals surface area contributed by atoms with Crippen molar-refractivity contribution in [3.05, 3.63) is 104 Å². The number of hydrogen-bond acceptors (Lipinski definition) is 5. The third-order valence-corrected chi connectivity index (χ3v) is 6.85. The molecule has 0 saturated carbocycles. The molecule has 1 aromatic heterocycles. The molecule has 0 fully saturated rings. The van der Waals surface area contributed by atoms with Crippen molar-refractivity contribution >= 4 is 40.2 Å². The fourth-order valence-corrected chi connectivity index (χ4v) is 4.80. The highest BCUT2D eigenvalue weighted by Gasteiger charge is 2.42. The molecule has 2 heterocycles. The highest BCUT2D eigenvalue weighted by molar-refractivity contribution is 7.98. The molecule has 5 nitrogen and oxygen atoms in total. The number of nitrogens with zero attached hydrogens (tertiary/aromatic N) is 1. The van der Waals surface area contributed by atoms with Crippen LogP contribution in [0.2, 0.25) is 5.02 Å². The van der Waals surface area contributed by atoms with Crippen LogP contribution in [0.4, 0.5) is 0 Å². The van der Waals surface area contributed by atoms with E-state index in [1.54, 1.807) is 42.0 Å². The molecule has 0 spiro atoms. The first-order valence-electron chi connectivity index (χ1n) is 10.3. The van der Waals surface area contributed by atoms with Crippen molar-refractivity contribution in [2.24, 2.45) is 0 Å². The standard InChI is InChI=1S/C26H20ClNO4S/c1-31-18-8-3-15(4-9-18)14-28-23(16-5-10-19(33-2)11-6-16)22-24(29)20-13-17(27)7-12-21(20)32-25(22)26(28)30/h3-13,23H,14H2,1-2H3. The maximum Gasteiger partial charge on any atom is 0.291 e. The average Bonchev–Trinajstić information content (AvgIpc) is 3.12. The summed E-state index contributed by atoms with van der Waals surface area (Å²) in [5.41, 5.74) is 2.22. The number of hydrogen-bond donors (Lipinski definition) is 0. The molecule has 4 aromatic rings. The molecule has 0 saturated heterocycles. The normalized spacial score (nSPS) is 15.2. The number of amides is 1. The minimum Gasteiger partial charge on any atom is -0.497 e. The number of halogens is 1. The Morgan fingerprint density at radius 3 is 2.42 bits per heavy atom. The van der Waals surface area contributed by atoms with Gasteiger partial charge in [0.05, 0.1) is 24.1 Å². The molecule has 0 N–H and O–H groups in total. The number of fused-ring (bicyclic) bond motifs is 2. The summed E-state index contributed by atoms with van der Waals surface area (Å²) in [5, 5.41) is 0.807. The zero-order valence-electron chi connectivity index (χ0n) is 18.0. The van der Waals surface area contributed by atoms with Gasteiger partial charge in [0.1, 0.15) is 11.3 Å². The summed E-state index contributed by atoms with van der Waals surface area (Å²) in [4.78, 5) is 29.9. The van der Waals surface area contributed by atoms with Gasteiger partial charge in [-0.05, 0) is 59.8 Å².